The second-order valence-electron chi connectivity index (χ2n) is 9.42. The third-order valence-electron chi connectivity index (χ3n) is 6.70. The molecule has 1 saturated heterocycles. The van der Waals surface area contributed by atoms with Crippen molar-refractivity contribution in [3.63, 3.8) is 0 Å². The number of quaternary nitrogens is 1. The lowest BCUT2D eigenvalue weighted by Gasteiger charge is -2.36. The van der Waals surface area contributed by atoms with Gasteiger partial charge in [0.25, 0.3) is 0 Å². The van der Waals surface area contributed by atoms with Crippen LogP contribution in [-0.4, -0.2) is 48.9 Å². The minimum Gasteiger partial charge on any atom is -0.344 e. The topological polar surface area (TPSA) is 53.9 Å². The summed E-state index contributed by atoms with van der Waals surface area (Å²) in [5, 5.41) is 3.11. The van der Waals surface area contributed by atoms with Crippen molar-refractivity contribution in [2.45, 2.75) is 59.0 Å². The van der Waals surface area contributed by atoms with Crippen LogP contribution in [0, 0.1) is 17.8 Å². The van der Waals surface area contributed by atoms with Crippen LogP contribution in [-0.2, 0) is 16.1 Å². The van der Waals surface area contributed by atoms with Gasteiger partial charge in [-0.2, -0.15) is 0 Å². The van der Waals surface area contributed by atoms with E-state index in [9.17, 15) is 9.59 Å². The third-order valence-corrected chi connectivity index (χ3v) is 6.70. The normalized spacial score (nSPS) is 24.3. The summed E-state index contributed by atoms with van der Waals surface area (Å²) in [6.07, 6.45) is 4.14. The number of carbonyl (C=O) groups excluding carboxylic acids is 2. The SMILES string of the molecule is CC1CCC(C(=O)N[C@@H](C(=O)N2CC[NH+](Cc3ccccc3)CC2)C(C)C)CC1. The van der Waals surface area contributed by atoms with Gasteiger partial charge in [0, 0.05) is 11.5 Å². The number of carbonyl (C=O) groups is 2. The highest BCUT2D eigenvalue weighted by Gasteiger charge is 2.34. The molecule has 0 aromatic heterocycles. The standard InChI is InChI=1S/C24H37N3O2/c1-18(2)22(25-23(28)21-11-9-19(3)10-12-21)24(29)27-15-13-26(14-16-27)17-20-7-5-4-6-8-20/h4-8,18-19,21-22H,9-17H2,1-3H3,(H,25,28)/p+1/t19?,21?,22-/m1/s1. The summed E-state index contributed by atoms with van der Waals surface area (Å²) in [6, 6.07) is 10.1. The number of benzene rings is 1. The lowest BCUT2D eigenvalue weighted by Crippen LogP contribution is -3.13. The van der Waals surface area contributed by atoms with E-state index in [4.69, 9.17) is 0 Å². The quantitative estimate of drug-likeness (QED) is 0.766. The third kappa shape index (κ3) is 6.05. The lowest BCUT2D eigenvalue weighted by molar-refractivity contribution is -0.917. The van der Waals surface area contributed by atoms with Crippen LogP contribution in [0.15, 0.2) is 30.3 Å². The van der Waals surface area contributed by atoms with E-state index in [1.807, 2.05) is 24.8 Å². The van der Waals surface area contributed by atoms with E-state index in [2.05, 4.69) is 36.5 Å². The number of nitrogens with one attached hydrogen (secondary N) is 2. The summed E-state index contributed by atoms with van der Waals surface area (Å²) in [7, 11) is 0. The van der Waals surface area contributed by atoms with E-state index in [-0.39, 0.29) is 23.7 Å². The molecule has 5 heteroatoms. The number of nitrogens with zero attached hydrogens (tertiary/aromatic N) is 1. The van der Waals surface area contributed by atoms with Gasteiger partial charge in [-0.25, -0.2) is 0 Å². The zero-order valence-electron chi connectivity index (χ0n) is 18.3. The average Bonchev–Trinajstić information content (AvgIpc) is 2.73. The molecule has 1 aliphatic carbocycles. The fourth-order valence-electron chi connectivity index (χ4n) is 4.61. The van der Waals surface area contributed by atoms with Crippen LogP contribution in [0.3, 0.4) is 0 Å². The molecule has 1 aromatic carbocycles. The Kier molecular flexibility index (Phi) is 7.70. The van der Waals surface area contributed by atoms with Crippen LogP contribution < -0.4 is 10.2 Å². The van der Waals surface area contributed by atoms with E-state index >= 15 is 0 Å². The Morgan fingerprint density at radius 3 is 2.28 bits per heavy atom. The molecule has 160 valence electrons. The summed E-state index contributed by atoms with van der Waals surface area (Å²) in [5.41, 5.74) is 1.34. The number of hydrogen-bond acceptors (Lipinski definition) is 2. The van der Waals surface area contributed by atoms with Crippen LogP contribution in [0.2, 0.25) is 0 Å². The van der Waals surface area contributed by atoms with Crippen molar-refractivity contribution in [1.82, 2.24) is 10.2 Å². The maximum absolute atomic E-state index is 13.2. The highest BCUT2D eigenvalue weighted by atomic mass is 16.2. The van der Waals surface area contributed by atoms with E-state index in [0.717, 1.165) is 64.3 Å². The van der Waals surface area contributed by atoms with Gasteiger partial charge in [-0.1, -0.05) is 51.1 Å². The molecule has 2 N–H and O–H groups in total. The summed E-state index contributed by atoms with van der Waals surface area (Å²) in [6.45, 7) is 10.8. The molecular formula is C24H38N3O2+. The predicted molar refractivity (Wildman–Crippen MR) is 115 cm³/mol. The van der Waals surface area contributed by atoms with Crippen LogP contribution in [0.25, 0.3) is 0 Å². The second kappa shape index (κ2) is 10.2. The first-order chi connectivity index (χ1) is 13.9. The first kappa shape index (κ1) is 21.8. The molecule has 1 saturated carbocycles. The molecule has 1 aromatic rings. The molecule has 1 heterocycles. The summed E-state index contributed by atoms with van der Waals surface area (Å²) < 4.78 is 0. The molecule has 2 fully saturated rings. The monoisotopic (exact) mass is 400 g/mol. The van der Waals surface area contributed by atoms with E-state index in [1.165, 1.54) is 10.5 Å². The first-order valence-corrected chi connectivity index (χ1v) is 11.4. The Morgan fingerprint density at radius 1 is 1.07 bits per heavy atom. The van der Waals surface area contributed by atoms with Crippen molar-refractivity contribution in [1.29, 1.82) is 0 Å². The first-order valence-electron chi connectivity index (χ1n) is 11.4. The van der Waals surface area contributed by atoms with Gasteiger partial charge in [-0.15, -0.1) is 0 Å². The Morgan fingerprint density at radius 2 is 1.69 bits per heavy atom. The van der Waals surface area contributed by atoms with Gasteiger partial charge in [0.1, 0.15) is 12.6 Å². The highest BCUT2D eigenvalue weighted by molar-refractivity contribution is 5.88. The molecule has 3 rings (SSSR count). The molecule has 0 bridgehead atoms. The van der Waals surface area contributed by atoms with Crippen LogP contribution >= 0.6 is 0 Å². The van der Waals surface area contributed by atoms with Crippen LogP contribution in [0.4, 0.5) is 0 Å². The van der Waals surface area contributed by atoms with Gasteiger partial charge in [0.15, 0.2) is 0 Å². The van der Waals surface area contributed by atoms with Gasteiger partial charge in [-0.3, -0.25) is 9.59 Å². The fraction of sp³-hybridized carbons (Fsp3) is 0.667. The molecular weight excluding hydrogens is 362 g/mol. The number of piperazine rings is 1. The zero-order valence-corrected chi connectivity index (χ0v) is 18.3. The molecule has 0 unspecified atom stereocenters. The Bertz CT molecular complexity index is 660. The molecule has 1 aliphatic heterocycles. The molecule has 0 radical (unpaired) electrons. The minimum atomic E-state index is -0.405. The highest BCUT2D eigenvalue weighted by Crippen LogP contribution is 2.28. The number of hydrogen-bond donors (Lipinski definition) is 2. The smallest absolute Gasteiger partial charge is 0.245 e. The zero-order chi connectivity index (χ0) is 20.8. The summed E-state index contributed by atoms with van der Waals surface area (Å²) >= 11 is 0. The van der Waals surface area contributed by atoms with Gasteiger partial charge in [-0.05, 0) is 37.5 Å². The van der Waals surface area contributed by atoms with Gasteiger partial charge >= 0.3 is 0 Å². The van der Waals surface area contributed by atoms with Crippen LogP contribution in [0.1, 0.15) is 52.0 Å². The minimum absolute atomic E-state index is 0.0763. The molecule has 5 nitrogen and oxygen atoms in total. The van der Waals surface area contributed by atoms with E-state index < -0.39 is 6.04 Å². The predicted octanol–water partition coefficient (Wildman–Crippen LogP) is 1.88. The maximum Gasteiger partial charge on any atom is 0.245 e. The van der Waals surface area contributed by atoms with Crippen LogP contribution in [0.5, 0.6) is 0 Å². The fourth-order valence-corrected chi connectivity index (χ4v) is 4.61. The van der Waals surface area contributed by atoms with Crippen molar-refractivity contribution in [3.8, 4) is 0 Å². The Hall–Kier alpha value is -1.88. The number of rotatable bonds is 6. The molecule has 2 aliphatic rings. The van der Waals surface area contributed by atoms with Crippen molar-refractivity contribution in [2.75, 3.05) is 26.2 Å². The summed E-state index contributed by atoms with van der Waals surface area (Å²) in [4.78, 5) is 29.4. The largest absolute Gasteiger partial charge is 0.344 e. The number of amides is 2. The van der Waals surface area contributed by atoms with E-state index in [0.29, 0.717) is 0 Å². The average molecular weight is 401 g/mol. The van der Waals surface area contributed by atoms with Gasteiger partial charge in [0.2, 0.25) is 11.8 Å². The van der Waals surface area contributed by atoms with Crippen molar-refractivity contribution < 1.29 is 14.5 Å². The molecule has 0 spiro atoms. The van der Waals surface area contributed by atoms with Crippen molar-refractivity contribution >= 4 is 11.8 Å². The van der Waals surface area contributed by atoms with Gasteiger partial charge in [0.05, 0.1) is 26.2 Å². The molecule has 29 heavy (non-hydrogen) atoms. The van der Waals surface area contributed by atoms with E-state index in [1.54, 1.807) is 0 Å². The van der Waals surface area contributed by atoms with Gasteiger partial charge < -0.3 is 15.1 Å². The lowest BCUT2D eigenvalue weighted by atomic mass is 9.82. The Labute approximate surface area is 175 Å². The maximum atomic E-state index is 13.2. The Balaban J connectivity index is 1.51. The van der Waals surface area contributed by atoms with Crippen molar-refractivity contribution in [3.05, 3.63) is 35.9 Å². The van der Waals surface area contributed by atoms with Crippen molar-refractivity contribution in [2.24, 2.45) is 17.8 Å². The molecule has 1 atom stereocenters. The second-order valence-corrected chi connectivity index (χ2v) is 9.42. The molecule has 2 amide bonds. The summed E-state index contributed by atoms with van der Waals surface area (Å²) in [5.74, 6) is 1.07.